The van der Waals surface area contributed by atoms with E-state index in [4.69, 9.17) is 0 Å². The monoisotopic (exact) mass is 236 g/mol. The predicted molar refractivity (Wildman–Crippen MR) is 57.3 cm³/mol. The number of hydrogen-bond acceptors (Lipinski definition) is 4. The third-order valence-electron chi connectivity index (χ3n) is 5.52. The molecule has 0 aromatic heterocycles. The normalized spacial score (nSPS) is 55.2. The maximum absolute atomic E-state index is 11.9. The van der Waals surface area contributed by atoms with Crippen LogP contribution in [-0.2, 0) is 0 Å². The van der Waals surface area contributed by atoms with E-state index >= 15 is 0 Å². The molecule has 0 saturated heterocycles. The van der Waals surface area contributed by atoms with Crippen molar-refractivity contribution in [2.45, 2.75) is 56.8 Å². The zero-order chi connectivity index (χ0) is 11.8. The summed E-state index contributed by atoms with van der Waals surface area (Å²) in [6.45, 7) is 2.15. The summed E-state index contributed by atoms with van der Waals surface area (Å²) in [5.74, 6) is 0.236. The molecule has 0 aromatic rings. The van der Waals surface area contributed by atoms with Gasteiger partial charge in [-0.2, -0.15) is 0 Å². The highest BCUT2D eigenvalue weighted by molar-refractivity contribution is 5.12. The molecular weight excluding hydrogens is 220 g/mol. The van der Waals surface area contributed by atoms with E-state index in [1.54, 1.807) is 0 Å². The number of rotatable bonds is 0. The number of hydroxylamine groups is 2. The molecule has 2 fully saturated rings. The molecule has 17 heavy (non-hydrogen) atoms. The van der Waals surface area contributed by atoms with E-state index in [1.807, 2.05) is 0 Å². The van der Waals surface area contributed by atoms with Gasteiger partial charge in [0.25, 0.3) is 0 Å². The van der Waals surface area contributed by atoms with Gasteiger partial charge in [0.2, 0.25) is 0 Å². The van der Waals surface area contributed by atoms with Crippen molar-refractivity contribution in [1.29, 1.82) is 0 Å². The summed E-state index contributed by atoms with van der Waals surface area (Å²) in [7, 11) is 0. The first-order valence-corrected chi connectivity index (χ1v) is 6.46. The van der Waals surface area contributed by atoms with E-state index in [0.29, 0.717) is 0 Å². The highest BCUT2D eigenvalue weighted by Crippen LogP contribution is 2.58. The highest BCUT2D eigenvalue weighted by atomic mass is 16.5. The zero-order valence-corrected chi connectivity index (χ0v) is 9.82. The molecule has 6 atom stereocenters. The smallest absolute Gasteiger partial charge is 0.198 e. The van der Waals surface area contributed by atoms with Crippen LogP contribution in [0.15, 0.2) is 10.2 Å². The van der Waals surface area contributed by atoms with Gasteiger partial charge >= 0.3 is 0 Å². The lowest BCUT2D eigenvalue weighted by atomic mass is 9.54. The predicted octanol–water partition coefficient (Wildman–Crippen LogP) is 1.62. The third kappa shape index (κ3) is 0.940. The van der Waals surface area contributed by atoms with Gasteiger partial charge in [0.05, 0.1) is 11.3 Å². The first-order valence-electron chi connectivity index (χ1n) is 6.46. The topological polar surface area (TPSA) is 76.9 Å². The third-order valence-corrected chi connectivity index (χ3v) is 5.52. The number of nitrogens with zero attached hydrogens (tertiary/aromatic N) is 4. The molecule has 0 N–H and O–H groups in total. The molecule has 0 radical (unpaired) electrons. The Hall–Kier alpha value is -1.20. The van der Waals surface area contributed by atoms with E-state index in [2.05, 4.69) is 17.2 Å². The maximum atomic E-state index is 11.9. The maximum Gasteiger partial charge on any atom is 0.198 e. The van der Waals surface area contributed by atoms with Gasteiger partial charge in [0.1, 0.15) is 12.1 Å². The molecule has 2 aliphatic heterocycles. The van der Waals surface area contributed by atoms with Crippen molar-refractivity contribution in [1.82, 2.24) is 0 Å². The molecule has 4 aliphatic rings. The van der Waals surface area contributed by atoms with Crippen LogP contribution in [-0.4, -0.2) is 33.9 Å². The molecule has 2 saturated carbocycles. The van der Waals surface area contributed by atoms with Crippen molar-refractivity contribution in [3.63, 3.8) is 0 Å². The van der Waals surface area contributed by atoms with Crippen LogP contribution in [0.5, 0.6) is 0 Å². The van der Waals surface area contributed by atoms with Gasteiger partial charge in [-0.3, -0.25) is 0 Å². The SMILES string of the molecule is C[C@@]12C3CC[C@H]4N=[N+]([O-])[C@@H](CCC1[N+]([O-])=N3)C42. The Morgan fingerprint density at radius 2 is 1.88 bits per heavy atom. The quantitative estimate of drug-likeness (QED) is 0.473. The standard InChI is InChI=1S/C11H16N4O2/c1-11-8-4-2-6-10(11)7(14(16)12-6)3-5-9(11)15(17)13-8/h6-10H,2-5H2,1H3/t6-,7+,8?,9?,10?,11-/m1/s1. The van der Waals surface area contributed by atoms with Gasteiger partial charge in [-0.1, -0.05) is 16.6 Å². The van der Waals surface area contributed by atoms with E-state index in [0.717, 1.165) is 35.4 Å². The Labute approximate surface area is 99.2 Å². The van der Waals surface area contributed by atoms with Crippen LogP contribution < -0.4 is 0 Å². The van der Waals surface area contributed by atoms with Crippen molar-refractivity contribution >= 4 is 0 Å². The minimum absolute atomic E-state index is 0.00856. The molecule has 92 valence electrons. The van der Waals surface area contributed by atoms with Crippen molar-refractivity contribution in [3.05, 3.63) is 10.4 Å². The lowest BCUT2D eigenvalue weighted by molar-refractivity contribution is -0.591. The summed E-state index contributed by atoms with van der Waals surface area (Å²) in [6, 6.07) is 0.197. The molecule has 2 heterocycles. The molecule has 6 heteroatoms. The molecule has 0 amide bonds. The Morgan fingerprint density at radius 1 is 1.06 bits per heavy atom. The highest BCUT2D eigenvalue weighted by Gasteiger charge is 2.70. The van der Waals surface area contributed by atoms with Crippen LogP contribution in [0.4, 0.5) is 0 Å². The number of hydrogen-bond donors (Lipinski definition) is 0. The van der Waals surface area contributed by atoms with Gasteiger partial charge < -0.3 is 10.4 Å². The van der Waals surface area contributed by atoms with Crippen LogP contribution >= 0.6 is 0 Å². The van der Waals surface area contributed by atoms with Crippen molar-refractivity contribution < 1.29 is 9.72 Å². The van der Waals surface area contributed by atoms with Gasteiger partial charge in [-0.25, -0.2) is 0 Å². The fourth-order valence-corrected chi connectivity index (χ4v) is 4.75. The molecule has 0 spiro atoms. The molecule has 0 bridgehead atoms. The Morgan fingerprint density at radius 3 is 2.71 bits per heavy atom. The minimum atomic E-state index is -0.129. The van der Waals surface area contributed by atoms with Crippen LogP contribution in [0, 0.1) is 21.7 Å². The lowest BCUT2D eigenvalue weighted by Crippen LogP contribution is -2.58. The Balaban J connectivity index is 1.84. The Kier molecular flexibility index (Phi) is 1.61. The second-order valence-corrected chi connectivity index (χ2v) is 6.05. The average molecular weight is 236 g/mol. The molecular formula is C11H16N4O2. The summed E-state index contributed by atoms with van der Waals surface area (Å²) < 4.78 is 0. The lowest BCUT2D eigenvalue weighted by Gasteiger charge is -2.44. The van der Waals surface area contributed by atoms with Gasteiger partial charge in [0.15, 0.2) is 12.1 Å². The average Bonchev–Trinajstić information content (AvgIpc) is 2.73. The molecule has 3 unspecified atom stereocenters. The van der Waals surface area contributed by atoms with E-state index in [-0.39, 0.29) is 35.5 Å². The largest absolute Gasteiger partial charge is 0.600 e. The summed E-state index contributed by atoms with van der Waals surface area (Å²) >= 11 is 0. The fraction of sp³-hybridized carbons (Fsp3) is 1.00. The van der Waals surface area contributed by atoms with Crippen LogP contribution in [0.1, 0.15) is 32.6 Å². The first-order chi connectivity index (χ1) is 8.12. The summed E-state index contributed by atoms with van der Waals surface area (Å²) in [6.07, 6.45) is 3.37. The first kappa shape index (κ1) is 9.79. The molecule has 0 aromatic carbocycles. The van der Waals surface area contributed by atoms with Gasteiger partial charge in [-0.15, -0.1) is 0 Å². The van der Waals surface area contributed by atoms with E-state index in [9.17, 15) is 10.4 Å². The van der Waals surface area contributed by atoms with Crippen molar-refractivity contribution in [3.8, 4) is 0 Å². The van der Waals surface area contributed by atoms with E-state index < -0.39 is 0 Å². The second-order valence-electron chi connectivity index (χ2n) is 6.05. The van der Waals surface area contributed by atoms with Crippen molar-refractivity contribution in [2.75, 3.05) is 0 Å². The second kappa shape index (κ2) is 2.79. The van der Waals surface area contributed by atoms with Gasteiger partial charge in [0, 0.05) is 12.8 Å². The summed E-state index contributed by atoms with van der Waals surface area (Å²) in [4.78, 5) is 1.85. The van der Waals surface area contributed by atoms with Crippen molar-refractivity contribution in [2.24, 2.45) is 21.6 Å². The van der Waals surface area contributed by atoms with E-state index in [1.165, 1.54) is 0 Å². The van der Waals surface area contributed by atoms with Crippen LogP contribution in [0.25, 0.3) is 0 Å². The molecule has 6 nitrogen and oxygen atoms in total. The van der Waals surface area contributed by atoms with Crippen LogP contribution in [0.2, 0.25) is 0 Å². The van der Waals surface area contributed by atoms with Crippen LogP contribution in [0.3, 0.4) is 0 Å². The zero-order valence-electron chi connectivity index (χ0n) is 9.82. The summed E-state index contributed by atoms with van der Waals surface area (Å²) in [5, 5.41) is 32.2. The van der Waals surface area contributed by atoms with Gasteiger partial charge in [-0.05, 0) is 23.1 Å². The molecule has 4 rings (SSSR count). The fourth-order valence-electron chi connectivity index (χ4n) is 4.75. The minimum Gasteiger partial charge on any atom is -0.600 e. The molecule has 2 aliphatic carbocycles. The number of azo groups is 2. The summed E-state index contributed by atoms with van der Waals surface area (Å²) in [5.41, 5.74) is -0.129. The Bertz CT molecular complexity index is 449.